The van der Waals surface area contributed by atoms with E-state index in [1.165, 1.54) is 26.5 Å². The van der Waals surface area contributed by atoms with Gasteiger partial charge in [-0.2, -0.15) is 14.5 Å². The summed E-state index contributed by atoms with van der Waals surface area (Å²) in [6, 6.07) is 9.87. The van der Waals surface area contributed by atoms with Crippen LogP contribution in [0.3, 0.4) is 0 Å². The number of nitrogens with one attached hydrogen (secondary N) is 1. The lowest BCUT2D eigenvalue weighted by Crippen LogP contribution is -2.17. The van der Waals surface area contributed by atoms with Gasteiger partial charge in [-0.1, -0.05) is 0 Å². The molecule has 8 nitrogen and oxygen atoms in total. The van der Waals surface area contributed by atoms with Gasteiger partial charge in [0.25, 0.3) is 11.8 Å². The molecular weight excluding hydrogens is 542 g/mol. The fourth-order valence-electron chi connectivity index (χ4n) is 2.39. The lowest BCUT2D eigenvalue weighted by Gasteiger charge is -2.10. The van der Waals surface area contributed by atoms with E-state index in [1.807, 2.05) is 0 Å². The average molecular weight is 557 g/mol. The molecule has 0 saturated carbocycles. The van der Waals surface area contributed by atoms with Crippen LogP contribution in [0.25, 0.3) is 0 Å². The van der Waals surface area contributed by atoms with Gasteiger partial charge in [0.1, 0.15) is 5.75 Å². The number of halogens is 3. The van der Waals surface area contributed by atoms with Gasteiger partial charge in [-0.05, 0) is 76.2 Å². The van der Waals surface area contributed by atoms with Gasteiger partial charge < -0.3 is 14.2 Å². The van der Waals surface area contributed by atoms with Gasteiger partial charge in [0.05, 0.1) is 30.2 Å². The maximum atomic E-state index is 13.9. The number of benzene rings is 2. The smallest absolute Gasteiger partial charge is 0.271 e. The van der Waals surface area contributed by atoms with Crippen LogP contribution in [-0.4, -0.2) is 36.3 Å². The molecule has 31 heavy (non-hydrogen) atoms. The summed E-state index contributed by atoms with van der Waals surface area (Å²) in [5, 5.41) is 3.78. The van der Waals surface area contributed by atoms with Gasteiger partial charge in [-0.25, -0.2) is 10.4 Å². The van der Waals surface area contributed by atoms with E-state index < -0.39 is 11.7 Å². The molecule has 11 heteroatoms. The lowest BCUT2D eigenvalue weighted by molar-refractivity contribution is 0.0954. The highest BCUT2D eigenvalue weighted by molar-refractivity contribution is 14.1. The van der Waals surface area contributed by atoms with Crippen LogP contribution in [0, 0.1) is 9.39 Å². The minimum absolute atomic E-state index is 0.164. The maximum Gasteiger partial charge on any atom is 0.271 e. The topological polar surface area (TPSA) is 94.9 Å². The summed E-state index contributed by atoms with van der Waals surface area (Å²) in [5.74, 6) is -0.450. The zero-order valence-electron chi connectivity index (χ0n) is 16.2. The van der Waals surface area contributed by atoms with Gasteiger partial charge in [-0.15, -0.1) is 0 Å². The number of nitrogens with zero attached hydrogens (tertiary/aromatic N) is 3. The molecule has 0 radical (unpaired) electrons. The molecule has 0 aliphatic carbocycles. The van der Waals surface area contributed by atoms with Crippen LogP contribution in [0.1, 0.15) is 15.9 Å². The van der Waals surface area contributed by atoms with Crippen molar-refractivity contribution in [2.24, 2.45) is 5.10 Å². The van der Waals surface area contributed by atoms with E-state index in [4.69, 9.17) is 25.8 Å². The zero-order chi connectivity index (χ0) is 22.4. The standard InChI is InChI=1S/C20H15ClFIN4O4/c1-29-15-6-3-11(7-17(15)31-19-13(22)10-24-20(21)26-19)9-25-27-18(28)12-4-5-14(23)16(8-12)30-2/h3-10H,1-2H3,(H,27,28)/b25-9-. The predicted molar refractivity (Wildman–Crippen MR) is 121 cm³/mol. The number of rotatable bonds is 7. The molecule has 0 bridgehead atoms. The van der Waals surface area contributed by atoms with Gasteiger partial charge in [0.2, 0.25) is 11.1 Å². The molecule has 1 heterocycles. The first-order valence-corrected chi connectivity index (χ1v) is 10.1. The predicted octanol–water partition coefficient (Wildman–Crippen LogP) is 4.45. The van der Waals surface area contributed by atoms with Crippen LogP contribution < -0.4 is 19.6 Å². The Balaban J connectivity index is 1.76. The number of hydrogen-bond acceptors (Lipinski definition) is 7. The van der Waals surface area contributed by atoms with Crippen molar-refractivity contribution in [3.8, 4) is 23.1 Å². The van der Waals surface area contributed by atoms with E-state index >= 15 is 0 Å². The largest absolute Gasteiger partial charge is 0.496 e. The Hall–Kier alpha value is -2.99. The summed E-state index contributed by atoms with van der Waals surface area (Å²) in [5.41, 5.74) is 3.38. The van der Waals surface area contributed by atoms with Crippen LogP contribution in [-0.2, 0) is 0 Å². The summed E-state index contributed by atoms with van der Waals surface area (Å²) in [4.78, 5) is 19.5. The molecule has 0 fully saturated rings. The molecule has 1 aromatic heterocycles. The summed E-state index contributed by atoms with van der Waals surface area (Å²) < 4.78 is 30.7. The quantitative estimate of drug-likeness (QED) is 0.200. The van der Waals surface area contributed by atoms with Crippen molar-refractivity contribution in [1.29, 1.82) is 0 Å². The fraction of sp³-hybridized carbons (Fsp3) is 0.100. The minimum Gasteiger partial charge on any atom is -0.496 e. The number of carbonyl (C=O) groups excluding carboxylic acids is 1. The normalized spacial score (nSPS) is 10.7. The van der Waals surface area contributed by atoms with E-state index in [2.05, 4.69) is 43.1 Å². The number of hydrazone groups is 1. The van der Waals surface area contributed by atoms with Gasteiger partial charge in [-0.3, -0.25) is 4.79 Å². The first-order valence-electron chi connectivity index (χ1n) is 8.62. The third-order valence-electron chi connectivity index (χ3n) is 3.87. The van der Waals surface area contributed by atoms with Gasteiger partial charge in [0, 0.05) is 5.56 Å². The van der Waals surface area contributed by atoms with Crippen LogP contribution >= 0.6 is 34.2 Å². The van der Waals surface area contributed by atoms with E-state index in [0.29, 0.717) is 22.6 Å². The summed E-state index contributed by atoms with van der Waals surface area (Å²) >= 11 is 7.80. The number of amides is 1. The van der Waals surface area contributed by atoms with Crippen LogP contribution in [0.15, 0.2) is 47.7 Å². The second kappa shape index (κ2) is 10.4. The van der Waals surface area contributed by atoms with Crippen molar-refractivity contribution in [2.45, 2.75) is 0 Å². The highest BCUT2D eigenvalue weighted by atomic mass is 127. The van der Waals surface area contributed by atoms with Crippen molar-refractivity contribution in [3.63, 3.8) is 0 Å². The van der Waals surface area contributed by atoms with Crippen LogP contribution in [0.2, 0.25) is 5.28 Å². The van der Waals surface area contributed by atoms with Crippen molar-refractivity contribution in [2.75, 3.05) is 14.2 Å². The number of hydrogen-bond donors (Lipinski definition) is 1. The van der Waals surface area contributed by atoms with Crippen LogP contribution in [0.4, 0.5) is 4.39 Å². The molecule has 1 amide bonds. The van der Waals surface area contributed by atoms with E-state index in [-0.39, 0.29) is 16.9 Å². The fourth-order valence-corrected chi connectivity index (χ4v) is 3.07. The first-order chi connectivity index (χ1) is 14.9. The molecule has 0 saturated heterocycles. The van der Waals surface area contributed by atoms with E-state index in [1.54, 1.807) is 30.3 Å². The van der Waals surface area contributed by atoms with Crippen molar-refractivity contribution in [3.05, 3.63) is 68.4 Å². The van der Waals surface area contributed by atoms with Crippen molar-refractivity contribution < 1.29 is 23.4 Å². The van der Waals surface area contributed by atoms with Gasteiger partial charge in [0.15, 0.2) is 11.5 Å². The van der Waals surface area contributed by atoms with E-state index in [9.17, 15) is 9.18 Å². The van der Waals surface area contributed by atoms with Gasteiger partial charge >= 0.3 is 0 Å². The minimum atomic E-state index is -0.786. The monoisotopic (exact) mass is 556 g/mol. The molecule has 2 aromatic carbocycles. The molecule has 160 valence electrons. The average Bonchev–Trinajstić information content (AvgIpc) is 2.76. The Labute approximate surface area is 195 Å². The molecule has 1 N–H and O–H groups in total. The molecular formula is C20H15ClFIN4O4. The van der Waals surface area contributed by atoms with E-state index in [0.717, 1.165) is 9.77 Å². The second-order valence-electron chi connectivity index (χ2n) is 5.85. The first kappa shape index (κ1) is 22.7. The van der Waals surface area contributed by atoms with Crippen molar-refractivity contribution >= 4 is 46.3 Å². The number of ether oxygens (including phenoxy) is 3. The third kappa shape index (κ3) is 5.79. The molecule has 3 aromatic rings. The molecule has 0 aliphatic rings. The molecule has 0 unspecified atom stereocenters. The van der Waals surface area contributed by atoms with Crippen LogP contribution in [0.5, 0.6) is 23.1 Å². The summed E-state index contributed by atoms with van der Waals surface area (Å²) in [7, 11) is 2.97. The van der Waals surface area contributed by atoms with Crippen molar-refractivity contribution in [1.82, 2.24) is 15.4 Å². The Kier molecular flexibility index (Phi) is 7.58. The molecule has 0 spiro atoms. The third-order valence-corrected chi connectivity index (χ3v) is 4.94. The number of methoxy groups -OCH3 is 2. The number of carbonyl (C=O) groups is 1. The zero-order valence-corrected chi connectivity index (χ0v) is 19.1. The molecule has 0 atom stereocenters. The molecule has 0 aliphatic heterocycles. The Bertz CT molecular complexity index is 1150. The Morgan fingerprint density at radius 3 is 2.68 bits per heavy atom. The number of aromatic nitrogens is 2. The maximum absolute atomic E-state index is 13.9. The SMILES string of the molecule is COc1cc(C(=O)N/N=C\c2ccc(OC)c(Oc3nc(Cl)ncc3F)c2)ccc1I. The highest BCUT2D eigenvalue weighted by Gasteiger charge is 2.13. The summed E-state index contributed by atoms with van der Waals surface area (Å²) in [6.45, 7) is 0. The Morgan fingerprint density at radius 2 is 1.94 bits per heavy atom. The lowest BCUT2D eigenvalue weighted by atomic mass is 10.2. The second-order valence-corrected chi connectivity index (χ2v) is 7.35. The summed E-state index contributed by atoms with van der Waals surface area (Å²) in [6.07, 6.45) is 2.30. The molecule has 3 rings (SSSR count). The Morgan fingerprint density at radius 1 is 1.16 bits per heavy atom. The highest BCUT2D eigenvalue weighted by Crippen LogP contribution is 2.32.